The summed E-state index contributed by atoms with van der Waals surface area (Å²) in [4.78, 5) is 11.1. The molecule has 1 unspecified atom stereocenters. The van der Waals surface area contributed by atoms with Gasteiger partial charge < -0.3 is 16.4 Å². The van der Waals surface area contributed by atoms with Gasteiger partial charge in [0.2, 0.25) is 15.9 Å². The van der Waals surface area contributed by atoms with E-state index < -0.39 is 10.0 Å². The molecule has 0 aromatic heterocycles. The number of piperidine rings is 1. The number of benzene rings is 1. The van der Waals surface area contributed by atoms with Crippen LogP contribution in [0.3, 0.4) is 0 Å². The Morgan fingerprint density at radius 2 is 2.10 bits per heavy atom. The highest BCUT2D eigenvalue weighted by molar-refractivity contribution is 7.89. The number of nitrogen functional groups attached to an aromatic ring is 1. The van der Waals surface area contributed by atoms with Crippen LogP contribution in [0.2, 0.25) is 0 Å². The second-order valence-corrected chi connectivity index (χ2v) is 6.45. The van der Waals surface area contributed by atoms with Crippen LogP contribution in [-0.2, 0) is 14.8 Å². The van der Waals surface area contributed by atoms with E-state index >= 15 is 0 Å². The summed E-state index contributed by atoms with van der Waals surface area (Å²) in [5.41, 5.74) is 7.19. The zero-order valence-electron chi connectivity index (χ0n) is 11.1. The molecule has 2 rings (SSSR count). The lowest BCUT2D eigenvalue weighted by molar-refractivity contribution is -0.122. The van der Waals surface area contributed by atoms with Crippen molar-refractivity contribution >= 4 is 27.3 Å². The largest absolute Gasteiger partial charge is 0.399 e. The molecular weight excluding hydrogens is 280 g/mol. The zero-order valence-corrected chi connectivity index (χ0v) is 12.0. The zero-order chi connectivity index (χ0) is 14.9. The fourth-order valence-corrected chi connectivity index (χ4v) is 3.07. The van der Waals surface area contributed by atoms with Crippen LogP contribution in [0.1, 0.15) is 18.4 Å². The molecule has 0 spiro atoms. The third kappa shape index (κ3) is 3.20. The first-order valence-electron chi connectivity index (χ1n) is 6.23. The Kier molecular flexibility index (Phi) is 3.87. The monoisotopic (exact) mass is 298 g/mol. The number of amides is 1. The fourth-order valence-electron chi connectivity index (χ4n) is 2.23. The molecule has 1 fully saturated rings. The van der Waals surface area contributed by atoms with Gasteiger partial charge >= 0.3 is 0 Å². The molecule has 0 radical (unpaired) electrons. The van der Waals surface area contributed by atoms with E-state index in [9.17, 15) is 13.2 Å². The number of nitrogens with one attached hydrogen (secondary N) is 2. The highest BCUT2D eigenvalue weighted by Crippen LogP contribution is 2.27. The summed E-state index contributed by atoms with van der Waals surface area (Å²) in [7, 11) is -3.82. The van der Waals surface area contributed by atoms with Crippen LogP contribution in [-0.4, -0.2) is 26.9 Å². The van der Waals surface area contributed by atoms with Gasteiger partial charge in [-0.25, -0.2) is 13.6 Å². The van der Waals surface area contributed by atoms with Crippen molar-refractivity contribution in [3.8, 4) is 0 Å². The lowest BCUT2D eigenvalue weighted by atomic mass is 10.1. The molecule has 20 heavy (non-hydrogen) atoms. The maximum absolute atomic E-state index is 11.5. The number of hydrogen-bond donors (Lipinski definition) is 4. The van der Waals surface area contributed by atoms with Crippen LogP contribution in [0.25, 0.3) is 0 Å². The van der Waals surface area contributed by atoms with Gasteiger partial charge in [0.25, 0.3) is 0 Å². The maximum atomic E-state index is 11.5. The lowest BCUT2D eigenvalue weighted by Gasteiger charge is -2.26. The van der Waals surface area contributed by atoms with Crippen molar-refractivity contribution in [3.63, 3.8) is 0 Å². The molecule has 1 atom stereocenters. The van der Waals surface area contributed by atoms with Crippen LogP contribution < -0.4 is 21.5 Å². The molecular formula is C12H18N4O3S. The Morgan fingerprint density at radius 1 is 1.40 bits per heavy atom. The minimum atomic E-state index is -3.82. The van der Waals surface area contributed by atoms with Gasteiger partial charge in [-0.3, -0.25) is 4.79 Å². The third-order valence-electron chi connectivity index (χ3n) is 3.31. The molecule has 0 bridgehead atoms. The number of primary sulfonamides is 1. The molecule has 110 valence electrons. The summed E-state index contributed by atoms with van der Waals surface area (Å²) < 4.78 is 23.1. The number of anilines is 2. The van der Waals surface area contributed by atoms with E-state index in [1.54, 1.807) is 13.0 Å². The summed E-state index contributed by atoms with van der Waals surface area (Å²) in [6.07, 6.45) is 1.13. The van der Waals surface area contributed by atoms with Crippen LogP contribution in [0.5, 0.6) is 0 Å². The van der Waals surface area contributed by atoms with Crippen molar-refractivity contribution in [2.75, 3.05) is 17.6 Å². The van der Waals surface area contributed by atoms with Crippen molar-refractivity contribution in [1.82, 2.24) is 5.32 Å². The summed E-state index contributed by atoms with van der Waals surface area (Å²) in [5.74, 6) is 0.0255. The molecule has 0 saturated carbocycles. The molecule has 1 aromatic carbocycles. The Hall–Kier alpha value is -1.80. The van der Waals surface area contributed by atoms with E-state index in [-0.39, 0.29) is 16.8 Å². The van der Waals surface area contributed by atoms with Crippen LogP contribution in [0, 0.1) is 6.92 Å². The summed E-state index contributed by atoms with van der Waals surface area (Å²) in [6.45, 7) is 2.17. The van der Waals surface area contributed by atoms with Crippen molar-refractivity contribution in [3.05, 3.63) is 17.7 Å². The minimum Gasteiger partial charge on any atom is -0.399 e. The van der Waals surface area contributed by atoms with E-state index in [0.717, 1.165) is 0 Å². The van der Waals surface area contributed by atoms with E-state index in [2.05, 4.69) is 10.6 Å². The summed E-state index contributed by atoms with van der Waals surface area (Å²) >= 11 is 0. The topological polar surface area (TPSA) is 127 Å². The molecule has 0 aliphatic carbocycles. The van der Waals surface area contributed by atoms with Crippen molar-refractivity contribution in [2.24, 2.45) is 5.14 Å². The van der Waals surface area contributed by atoms with Crippen LogP contribution in [0.15, 0.2) is 17.0 Å². The fraction of sp³-hybridized carbons (Fsp3) is 0.417. The average molecular weight is 298 g/mol. The van der Waals surface area contributed by atoms with Crippen molar-refractivity contribution in [1.29, 1.82) is 0 Å². The highest BCUT2D eigenvalue weighted by atomic mass is 32.2. The van der Waals surface area contributed by atoms with Gasteiger partial charge in [-0.1, -0.05) is 0 Å². The van der Waals surface area contributed by atoms with Crippen molar-refractivity contribution < 1.29 is 13.2 Å². The van der Waals surface area contributed by atoms with Gasteiger partial charge in [-0.15, -0.1) is 0 Å². The Labute approximate surface area is 117 Å². The molecule has 1 aliphatic heterocycles. The first kappa shape index (κ1) is 14.6. The molecule has 1 aromatic rings. The van der Waals surface area contributed by atoms with Gasteiger partial charge in [-0.05, 0) is 31.0 Å². The Balaban J connectivity index is 2.28. The molecule has 1 aliphatic rings. The lowest BCUT2D eigenvalue weighted by Crippen LogP contribution is -2.42. The van der Waals surface area contributed by atoms with Crippen LogP contribution >= 0.6 is 0 Å². The van der Waals surface area contributed by atoms with Gasteiger partial charge in [-0.2, -0.15) is 0 Å². The molecule has 1 amide bonds. The molecule has 7 nitrogen and oxygen atoms in total. The van der Waals surface area contributed by atoms with Gasteiger partial charge in [0.15, 0.2) is 0 Å². The second kappa shape index (κ2) is 5.29. The molecule has 1 saturated heterocycles. The number of rotatable bonds is 3. The predicted molar refractivity (Wildman–Crippen MR) is 76.6 cm³/mol. The summed E-state index contributed by atoms with van der Waals surface area (Å²) in [5, 5.41) is 11.1. The SMILES string of the molecule is Cc1c(NC2CCC(=O)NC2)cc(N)cc1S(N)(=O)=O. The molecule has 1 heterocycles. The van der Waals surface area contributed by atoms with E-state index in [1.165, 1.54) is 6.07 Å². The van der Waals surface area contributed by atoms with Gasteiger partial charge in [0, 0.05) is 30.4 Å². The Bertz CT molecular complexity index is 632. The number of nitrogens with two attached hydrogens (primary N) is 2. The highest BCUT2D eigenvalue weighted by Gasteiger charge is 2.20. The quantitative estimate of drug-likeness (QED) is 0.580. The number of sulfonamides is 1. The van der Waals surface area contributed by atoms with Gasteiger partial charge in [0.05, 0.1) is 4.90 Å². The number of carbonyl (C=O) groups excluding carboxylic acids is 1. The third-order valence-corrected chi connectivity index (χ3v) is 4.35. The van der Waals surface area contributed by atoms with Crippen molar-refractivity contribution in [2.45, 2.75) is 30.7 Å². The molecule has 6 N–H and O–H groups in total. The first-order valence-corrected chi connectivity index (χ1v) is 7.78. The smallest absolute Gasteiger partial charge is 0.238 e. The Morgan fingerprint density at radius 3 is 2.65 bits per heavy atom. The second-order valence-electron chi connectivity index (χ2n) is 4.92. The van der Waals surface area contributed by atoms with E-state index in [1.807, 2.05) is 0 Å². The van der Waals surface area contributed by atoms with E-state index in [4.69, 9.17) is 10.9 Å². The normalized spacial score (nSPS) is 19.5. The van der Waals surface area contributed by atoms with Gasteiger partial charge in [0.1, 0.15) is 0 Å². The summed E-state index contributed by atoms with van der Waals surface area (Å²) in [6, 6.07) is 3.06. The number of hydrogen-bond acceptors (Lipinski definition) is 5. The number of carbonyl (C=O) groups is 1. The predicted octanol–water partition coefficient (Wildman–Crippen LogP) is -0.0849. The molecule has 8 heteroatoms. The average Bonchev–Trinajstić information content (AvgIpc) is 2.35. The minimum absolute atomic E-state index is 0.0137. The van der Waals surface area contributed by atoms with E-state index in [0.29, 0.717) is 36.3 Å². The standard InChI is InChI=1S/C12H18N4O3S/c1-7-10(16-9-2-3-12(17)15-6-9)4-8(13)5-11(7)20(14,18)19/h4-5,9,16H,2-3,6,13H2,1H3,(H,15,17)(H2,14,18,19). The van der Waals surface area contributed by atoms with Crippen LogP contribution in [0.4, 0.5) is 11.4 Å². The first-order chi connectivity index (χ1) is 9.27. The maximum Gasteiger partial charge on any atom is 0.238 e.